The van der Waals surface area contributed by atoms with Gasteiger partial charge in [-0.25, -0.2) is 22.9 Å². The number of hydrogen-bond donors (Lipinski definition) is 1. The lowest BCUT2D eigenvalue weighted by atomic mass is 10.2. The van der Waals surface area contributed by atoms with E-state index in [0.29, 0.717) is 17.1 Å². The van der Waals surface area contributed by atoms with Gasteiger partial charge in [0.05, 0.1) is 32.6 Å². The van der Waals surface area contributed by atoms with Crippen LogP contribution in [0.5, 0.6) is 0 Å². The van der Waals surface area contributed by atoms with Gasteiger partial charge in [0.25, 0.3) is 15.6 Å². The first kappa shape index (κ1) is 27.4. The van der Waals surface area contributed by atoms with E-state index in [0.717, 1.165) is 16.6 Å². The second kappa shape index (κ2) is 11.1. The van der Waals surface area contributed by atoms with E-state index in [4.69, 9.17) is 16.3 Å². The molecule has 2 heterocycles. The number of rotatable bonds is 8. The van der Waals surface area contributed by atoms with Gasteiger partial charge < -0.3 is 4.74 Å². The molecule has 0 bridgehead atoms. The number of ether oxygens (including phenoxy) is 1. The van der Waals surface area contributed by atoms with Crippen LogP contribution in [0.1, 0.15) is 21.7 Å². The van der Waals surface area contributed by atoms with Crippen molar-refractivity contribution < 1.29 is 17.9 Å². The lowest BCUT2D eigenvalue weighted by Crippen LogP contribution is -2.23. The van der Waals surface area contributed by atoms with Crippen LogP contribution in [0.3, 0.4) is 0 Å². The zero-order valence-corrected chi connectivity index (χ0v) is 23.8. The fourth-order valence-corrected chi connectivity index (χ4v) is 6.16. The minimum Gasteiger partial charge on any atom is -0.456 e. The predicted octanol–water partition coefficient (Wildman–Crippen LogP) is 5.42. The first-order chi connectivity index (χ1) is 19.2. The molecule has 2 aromatic heterocycles. The number of sulfonamides is 1. The van der Waals surface area contributed by atoms with Crippen LogP contribution in [0.25, 0.3) is 16.3 Å². The molecule has 9 nitrogen and oxygen atoms in total. The van der Waals surface area contributed by atoms with Crippen LogP contribution < -0.4 is 10.3 Å². The van der Waals surface area contributed by atoms with Gasteiger partial charge in [-0.3, -0.25) is 14.2 Å². The molecule has 0 radical (unpaired) electrons. The van der Waals surface area contributed by atoms with Gasteiger partial charge in [-0.1, -0.05) is 60.1 Å². The molecule has 0 spiro atoms. The van der Waals surface area contributed by atoms with Crippen molar-refractivity contribution in [2.24, 2.45) is 7.05 Å². The molecule has 3 aromatic carbocycles. The number of benzene rings is 3. The first-order valence-corrected chi connectivity index (χ1v) is 14.7. The van der Waals surface area contributed by atoms with Gasteiger partial charge in [0.1, 0.15) is 17.3 Å². The van der Waals surface area contributed by atoms with E-state index in [-0.39, 0.29) is 27.8 Å². The number of anilines is 1. The van der Waals surface area contributed by atoms with Crippen molar-refractivity contribution >= 4 is 44.6 Å². The molecule has 0 saturated carbocycles. The summed E-state index contributed by atoms with van der Waals surface area (Å²) in [6, 6.07) is 22.1. The van der Waals surface area contributed by atoms with E-state index < -0.39 is 21.6 Å². The van der Waals surface area contributed by atoms with Gasteiger partial charge in [0.2, 0.25) is 0 Å². The topological polar surface area (TPSA) is 112 Å². The number of nitrogens with zero attached hydrogens (tertiary/aromatic N) is 3. The van der Waals surface area contributed by atoms with Crippen LogP contribution in [0.4, 0.5) is 5.69 Å². The zero-order valence-electron chi connectivity index (χ0n) is 21.4. The Morgan fingerprint density at radius 2 is 1.73 bits per heavy atom. The van der Waals surface area contributed by atoms with Gasteiger partial charge in [-0.15, -0.1) is 11.3 Å². The third kappa shape index (κ3) is 5.44. The third-order valence-corrected chi connectivity index (χ3v) is 8.80. The molecule has 12 heteroatoms. The number of carbonyl (C=O) groups is 1. The summed E-state index contributed by atoms with van der Waals surface area (Å²) < 4.78 is 37.3. The molecule has 1 N–H and O–H groups in total. The van der Waals surface area contributed by atoms with Gasteiger partial charge >= 0.3 is 5.97 Å². The Hall–Kier alpha value is -4.19. The second-order valence-corrected chi connectivity index (χ2v) is 11.7. The number of thiazole rings is 1. The van der Waals surface area contributed by atoms with Crippen LogP contribution in [0, 0.1) is 6.92 Å². The lowest BCUT2D eigenvalue weighted by molar-refractivity contribution is 0.0468. The second-order valence-electron chi connectivity index (χ2n) is 8.77. The minimum absolute atomic E-state index is 0.0227. The van der Waals surface area contributed by atoms with Crippen LogP contribution >= 0.6 is 22.9 Å². The van der Waals surface area contributed by atoms with E-state index in [9.17, 15) is 18.0 Å². The minimum atomic E-state index is -4.26. The summed E-state index contributed by atoms with van der Waals surface area (Å²) in [5.74, 6) is -0.807. The van der Waals surface area contributed by atoms with Crippen molar-refractivity contribution in [2.75, 3.05) is 4.72 Å². The summed E-state index contributed by atoms with van der Waals surface area (Å²) in [4.78, 5) is 30.3. The molecule has 5 aromatic rings. The fraction of sp³-hybridized carbons (Fsp3) is 0.107. The standard InChI is InChI=1S/C28H23ClN4O5S2/c1-18-25(27(34)33(32(18)2)21-11-7-4-8-12-21)31-40(36,37)22-13-14-24(29)23(15-22)28(35)38-16-20-17-39-26(30-20)19-9-5-3-6-10-19/h3-15,17,31H,16H2,1-2H3. The number of carbonyl (C=O) groups excluding carboxylic acids is 1. The highest BCUT2D eigenvalue weighted by atomic mass is 35.5. The number of halogens is 1. The Labute approximate surface area is 239 Å². The molecule has 0 saturated heterocycles. The highest BCUT2D eigenvalue weighted by Gasteiger charge is 2.24. The quantitative estimate of drug-likeness (QED) is 0.240. The first-order valence-electron chi connectivity index (χ1n) is 12.0. The average Bonchev–Trinajstić information content (AvgIpc) is 3.51. The van der Waals surface area contributed by atoms with E-state index in [1.165, 1.54) is 28.2 Å². The van der Waals surface area contributed by atoms with Gasteiger partial charge in [-0.05, 0) is 37.3 Å². The fourth-order valence-electron chi connectivity index (χ4n) is 4.01. The SMILES string of the molecule is Cc1c(NS(=O)(=O)c2ccc(Cl)c(C(=O)OCc3csc(-c4ccccc4)n3)c2)c(=O)n(-c2ccccc2)n1C. The Morgan fingerprint density at radius 3 is 2.42 bits per heavy atom. The Morgan fingerprint density at radius 1 is 1.05 bits per heavy atom. The molecule has 0 aliphatic heterocycles. The molecule has 204 valence electrons. The largest absolute Gasteiger partial charge is 0.456 e. The van der Waals surface area contributed by atoms with Gasteiger partial charge in [0.15, 0.2) is 0 Å². The van der Waals surface area contributed by atoms with Crippen molar-refractivity contribution in [3.8, 4) is 16.3 Å². The Kier molecular flexibility index (Phi) is 7.61. The molecular formula is C28H23ClN4O5S2. The monoisotopic (exact) mass is 594 g/mol. The molecule has 5 rings (SSSR count). The van der Waals surface area contributed by atoms with Crippen molar-refractivity contribution in [2.45, 2.75) is 18.4 Å². The predicted molar refractivity (Wildman–Crippen MR) is 155 cm³/mol. The smallest absolute Gasteiger partial charge is 0.340 e. The highest BCUT2D eigenvalue weighted by Crippen LogP contribution is 2.26. The summed E-state index contributed by atoms with van der Waals surface area (Å²) in [7, 11) is -2.61. The van der Waals surface area contributed by atoms with Crippen LogP contribution in [-0.2, 0) is 28.4 Å². The molecule has 0 atom stereocenters. The maximum atomic E-state index is 13.3. The van der Waals surface area contributed by atoms with Crippen LogP contribution in [0.15, 0.2) is 93.9 Å². The van der Waals surface area contributed by atoms with Crippen LogP contribution in [0.2, 0.25) is 5.02 Å². The molecule has 0 fully saturated rings. The summed E-state index contributed by atoms with van der Waals surface area (Å²) in [6.45, 7) is 1.51. The summed E-state index contributed by atoms with van der Waals surface area (Å²) >= 11 is 7.64. The highest BCUT2D eigenvalue weighted by molar-refractivity contribution is 7.92. The number of esters is 1. The molecule has 0 amide bonds. The summed E-state index contributed by atoms with van der Waals surface area (Å²) in [5.41, 5.74) is 1.70. The molecular weight excluding hydrogens is 572 g/mol. The average molecular weight is 595 g/mol. The zero-order chi connectivity index (χ0) is 28.4. The maximum Gasteiger partial charge on any atom is 0.340 e. The number of hydrogen-bond acceptors (Lipinski definition) is 7. The van der Waals surface area contributed by atoms with Crippen molar-refractivity contribution in [1.82, 2.24) is 14.3 Å². The normalized spacial score (nSPS) is 11.4. The number of nitrogens with one attached hydrogen (secondary N) is 1. The van der Waals surface area contributed by atoms with Crippen LogP contribution in [-0.4, -0.2) is 28.7 Å². The maximum absolute atomic E-state index is 13.3. The van der Waals surface area contributed by atoms with Crippen molar-refractivity contribution in [1.29, 1.82) is 0 Å². The van der Waals surface area contributed by atoms with Gasteiger partial charge in [-0.2, -0.15) is 0 Å². The Balaban J connectivity index is 1.36. The van der Waals surface area contributed by atoms with E-state index in [2.05, 4.69) is 9.71 Å². The number of para-hydroxylation sites is 1. The Bertz CT molecular complexity index is 1860. The van der Waals surface area contributed by atoms with Crippen molar-refractivity contribution in [3.05, 3.63) is 117 Å². The summed E-state index contributed by atoms with van der Waals surface area (Å²) in [6.07, 6.45) is 0. The van der Waals surface area contributed by atoms with E-state index in [1.54, 1.807) is 48.3 Å². The van der Waals surface area contributed by atoms with Crippen molar-refractivity contribution in [3.63, 3.8) is 0 Å². The van der Waals surface area contributed by atoms with Gasteiger partial charge in [0, 0.05) is 18.0 Å². The molecule has 0 aliphatic rings. The van der Waals surface area contributed by atoms with E-state index in [1.807, 2.05) is 36.4 Å². The third-order valence-electron chi connectivity index (χ3n) is 6.18. The molecule has 40 heavy (non-hydrogen) atoms. The lowest BCUT2D eigenvalue weighted by Gasteiger charge is -2.10. The molecule has 0 aliphatic carbocycles. The van der Waals surface area contributed by atoms with E-state index >= 15 is 0 Å². The summed E-state index contributed by atoms with van der Waals surface area (Å²) in [5, 5.41) is 2.59. The molecule has 0 unspecified atom stereocenters. The number of aromatic nitrogens is 3.